The van der Waals surface area contributed by atoms with E-state index in [0.717, 1.165) is 25.7 Å². The monoisotopic (exact) mass is 377 g/mol. The number of benzene rings is 1. The van der Waals surface area contributed by atoms with Crippen molar-refractivity contribution in [2.24, 2.45) is 5.73 Å². The van der Waals surface area contributed by atoms with Gasteiger partial charge in [-0.2, -0.15) is 4.98 Å². The molecule has 1 fully saturated rings. The predicted molar refractivity (Wildman–Crippen MR) is 96.1 cm³/mol. The van der Waals surface area contributed by atoms with Crippen molar-refractivity contribution in [3.05, 3.63) is 50.6 Å². The smallest absolute Gasteiger partial charge is 0.270 e. The zero-order valence-corrected chi connectivity index (χ0v) is 14.4. The summed E-state index contributed by atoms with van der Waals surface area (Å²) in [5.74, 6) is 0.530. The number of hydrogen-bond donors (Lipinski definition) is 2. The molecule has 9 nitrogen and oxygen atoms in total. The number of aromatic nitrogens is 3. The van der Waals surface area contributed by atoms with Crippen LogP contribution in [-0.4, -0.2) is 20.0 Å². The third-order valence-electron chi connectivity index (χ3n) is 4.63. The van der Waals surface area contributed by atoms with E-state index in [9.17, 15) is 14.9 Å². The maximum Gasteiger partial charge on any atom is 0.270 e. The van der Waals surface area contributed by atoms with Crippen LogP contribution in [0.1, 0.15) is 31.5 Å². The Balaban J connectivity index is 0.00000196. The number of hydrogen-bond acceptors (Lipinski definition) is 7. The first kappa shape index (κ1) is 18.0. The highest BCUT2D eigenvalue weighted by Gasteiger charge is 2.36. The van der Waals surface area contributed by atoms with Crippen LogP contribution in [0.2, 0.25) is 0 Å². The van der Waals surface area contributed by atoms with Gasteiger partial charge in [0.25, 0.3) is 11.6 Å². The molecule has 3 aromatic rings. The number of nitro groups is 1. The van der Waals surface area contributed by atoms with E-state index in [4.69, 9.17) is 10.3 Å². The van der Waals surface area contributed by atoms with Gasteiger partial charge in [-0.25, -0.2) is 0 Å². The van der Waals surface area contributed by atoms with Gasteiger partial charge in [-0.15, -0.1) is 12.4 Å². The molecule has 0 unspecified atom stereocenters. The number of rotatable bonds is 3. The van der Waals surface area contributed by atoms with Crippen molar-refractivity contribution in [1.82, 2.24) is 15.1 Å². The first-order valence-electron chi connectivity index (χ1n) is 7.91. The summed E-state index contributed by atoms with van der Waals surface area (Å²) in [4.78, 5) is 29.5. The predicted octanol–water partition coefficient (Wildman–Crippen LogP) is 2.64. The van der Waals surface area contributed by atoms with Crippen molar-refractivity contribution >= 4 is 29.0 Å². The van der Waals surface area contributed by atoms with Crippen LogP contribution in [0.3, 0.4) is 0 Å². The molecule has 0 aliphatic heterocycles. The Morgan fingerprint density at radius 3 is 2.69 bits per heavy atom. The molecular formula is C16H16ClN5O4. The lowest BCUT2D eigenvalue weighted by molar-refractivity contribution is -0.384. The largest absolute Gasteiger partial charge is 0.334 e. The fraction of sp³-hybridized carbons (Fsp3) is 0.312. The normalized spacial score (nSPS) is 15.7. The highest BCUT2D eigenvalue weighted by molar-refractivity contribution is 5.93. The molecule has 1 aliphatic carbocycles. The number of H-pyrrole nitrogens is 1. The summed E-state index contributed by atoms with van der Waals surface area (Å²) in [6.07, 6.45) is 3.54. The Labute approximate surface area is 153 Å². The highest BCUT2D eigenvalue weighted by atomic mass is 35.5. The number of nitrogens with two attached hydrogens (primary N) is 1. The van der Waals surface area contributed by atoms with Crippen LogP contribution in [0, 0.1) is 10.1 Å². The van der Waals surface area contributed by atoms with Gasteiger partial charge in [0.1, 0.15) is 0 Å². The van der Waals surface area contributed by atoms with Crippen LogP contribution in [-0.2, 0) is 5.54 Å². The molecule has 0 atom stereocenters. The summed E-state index contributed by atoms with van der Waals surface area (Å²) in [5.41, 5.74) is 6.07. The standard InChI is InChI=1S/C16H15N5O4.ClH/c17-16(5-1-2-6-16)15-19-14(25-20-15)11-8-13(22)18-12-4-3-9(21(23)24)7-10(11)12;/h3-4,7-8H,1-2,5-6,17H2,(H,18,22);1H. The van der Waals surface area contributed by atoms with E-state index in [1.165, 1.54) is 24.3 Å². The number of halogens is 1. The maximum atomic E-state index is 11.9. The molecule has 0 saturated heterocycles. The number of nitrogens with zero attached hydrogens (tertiary/aromatic N) is 3. The topological polar surface area (TPSA) is 141 Å². The molecule has 3 N–H and O–H groups in total. The third-order valence-corrected chi connectivity index (χ3v) is 4.63. The van der Waals surface area contributed by atoms with E-state index >= 15 is 0 Å². The van der Waals surface area contributed by atoms with Crippen molar-refractivity contribution in [2.45, 2.75) is 31.2 Å². The lowest BCUT2D eigenvalue weighted by Gasteiger charge is -2.17. The molecule has 0 radical (unpaired) electrons. The summed E-state index contributed by atoms with van der Waals surface area (Å²) in [6.45, 7) is 0. The van der Waals surface area contributed by atoms with E-state index in [1.807, 2.05) is 0 Å². The Kier molecular flexibility index (Phi) is 4.51. The van der Waals surface area contributed by atoms with Crippen LogP contribution >= 0.6 is 12.4 Å². The Morgan fingerprint density at radius 2 is 2.00 bits per heavy atom. The van der Waals surface area contributed by atoms with Crippen molar-refractivity contribution in [1.29, 1.82) is 0 Å². The minimum atomic E-state index is -0.620. The van der Waals surface area contributed by atoms with Crippen LogP contribution in [0.25, 0.3) is 22.4 Å². The summed E-state index contributed by atoms with van der Waals surface area (Å²) < 4.78 is 5.33. The van der Waals surface area contributed by atoms with Gasteiger partial charge in [0, 0.05) is 29.1 Å². The van der Waals surface area contributed by atoms with E-state index in [-0.39, 0.29) is 29.5 Å². The molecule has 0 amide bonds. The van der Waals surface area contributed by atoms with Crippen LogP contribution in [0.15, 0.2) is 33.6 Å². The van der Waals surface area contributed by atoms with E-state index in [1.54, 1.807) is 0 Å². The Morgan fingerprint density at radius 1 is 1.27 bits per heavy atom. The number of fused-ring (bicyclic) bond motifs is 1. The number of non-ortho nitro benzene ring substituents is 1. The van der Waals surface area contributed by atoms with Crippen molar-refractivity contribution in [2.75, 3.05) is 0 Å². The van der Waals surface area contributed by atoms with Crippen LogP contribution in [0.5, 0.6) is 0 Å². The summed E-state index contributed by atoms with van der Waals surface area (Å²) in [5, 5.41) is 15.5. The zero-order chi connectivity index (χ0) is 17.6. The van der Waals surface area contributed by atoms with Gasteiger partial charge >= 0.3 is 0 Å². The summed E-state index contributed by atoms with van der Waals surface area (Å²) in [7, 11) is 0. The van der Waals surface area contributed by atoms with Crippen molar-refractivity contribution in [3.8, 4) is 11.5 Å². The molecule has 1 saturated carbocycles. The zero-order valence-electron chi connectivity index (χ0n) is 13.6. The average molecular weight is 378 g/mol. The maximum absolute atomic E-state index is 11.9. The average Bonchev–Trinajstić information content (AvgIpc) is 3.23. The van der Waals surface area contributed by atoms with E-state index in [2.05, 4.69) is 15.1 Å². The van der Waals surface area contributed by atoms with Gasteiger partial charge in [0.05, 0.1) is 16.0 Å². The molecule has 26 heavy (non-hydrogen) atoms. The van der Waals surface area contributed by atoms with Gasteiger partial charge in [-0.05, 0) is 18.9 Å². The Bertz CT molecular complexity index is 1040. The minimum Gasteiger partial charge on any atom is -0.334 e. The van der Waals surface area contributed by atoms with Crippen molar-refractivity contribution < 1.29 is 9.45 Å². The SMILES string of the molecule is Cl.NC1(c2noc(-c3cc(=O)[nH]c4ccc([N+](=O)[O-])cc34)n2)CCCC1. The number of nitro benzene ring substituents is 1. The van der Waals surface area contributed by atoms with E-state index < -0.39 is 10.5 Å². The summed E-state index contributed by atoms with van der Waals surface area (Å²) >= 11 is 0. The molecule has 0 spiro atoms. The number of nitrogens with one attached hydrogen (secondary N) is 1. The van der Waals surface area contributed by atoms with Gasteiger partial charge in [0.2, 0.25) is 5.56 Å². The first-order chi connectivity index (χ1) is 12.0. The molecule has 136 valence electrons. The minimum absolute atomic E-state index is 0. The third kappa shape index (κ3) is 2.95. The molecule has 2 heterocycles. The second-order valence-corrected chi connectivity index (χ2v) is 6.32. The van der Waals surface area contributed by atoms with Gasteiger partial charge in [0.15, 0.2) is 5.82 Å². The van der Waals surface area contributed by atoms with Gasteiger partial charge in [-0.1, -0.05) is 18.0 Å². The lowest BCUT2D eigenvalue weighted by atomic mass is 9.98. The fourth-order valence-electron chi connectivity index (χ4n) is 3.30. The Hall–Kier alpha value is -2.78. The van der Waals surface area contributed by atoms with Crippen LogP contribution < -0.4 is 11.3 Å². The molecule has 4 rings (SSSR count). The number of aromatic amines is 1. The van der Waals surface area contributed by atoms with Crippen molar-refractivity contribution in [3.63, 3.8) is 0 Å². The lowest BCUT2D eigenvalue weighted by Crippen LogP contribution is -2.34. The van der Waals surface area contributed by atoms with Gasteiger partial charge in [-0.3, -0.25) is 14.9 Å². The first-order valence-corrected chi connectivity index (χ1v) is 7.91. The number of pyridine rings is 1. The molecule has 0 bridgehead atoms. The van der Waals surface area contributed by atoms with E-state index in [0.29, 0.717) is 22.3 Å². The van der Waals surface area contributed by atoms with Gasteiger partial charge < -0.3 is 15.2 Å². The molecule has 10 heteroatoms. The molecule has 1 aliphatic rings. The fourth-order valence-corrected chi connectivity index (χ4v) is 3.30. The molecule has 1 aromatic carbocycles. The second-order valence-electron chi connectivity index (χ2n) is 6.32. The quantitative estimate of drug-likeness (QED) is 0.527. The second kappa shape index (κ2) is 6.50. The van der Waals surface area contributed by atoms with Crippen LogP contribution in [0.4, 0.5) is 5.69 Å². The molecular weight excluding hydrogens is 362 g/mol. The molecule has 2 aromatic heterocycles. The summed E-state index contributed by atoms with van der Waals surface area (Å²) in [6, 6.07) is 5.48. The highest BCUT2D eigenvalue weighted by Crippen LogP contribution is 2.36.